The molecule has 2 heterocycles. The van der Waals surface area contributed by atoms with Crippen molar-refractivity contribution in [3.63, 3.8) is 0 Å². The highest BCUT2D eigenvalue weighted by molar-refractivity contribution is 6.31. The van der Waals surface area contributed by atoms with E-state index < -0.39 is 11.6 Å². The SMILES string of the molecule is C/C=C1\N=C(C)C(c2ccc(-c3c(F)ccc(Cl)c3F)cn2)CCCCC(=O)Nc2cc(NC)ccc21. The zero-order chi connectivity index (χ0) is 26.5. The first kappa shape index (κ1) is 26.5. The van der Waals surface area contributed by atoms with E-state index in [4.69, 9.17) is 16.6 Å². The monoisotopic (exact) mass is 522 g/mol. The largest absolute Gasteiger partial charge is 0.388 e. The first-order valence-electron chi connectivity index (χ1n) is 12.3. The third-order valence-electron chi connectivity index (χ3n) is 6.56. The maximum absolute atomic E-state index is 14.5. The number of benzene rings is 2. The van der Waals surface area contributed by atoms with Gasteiger partial charge in [0.05, 0.1) is 22.0 Å². The molecule has 1 atom stereocenters. The average Bonchev–Trinajstić information content (AvgIpc) is 2.89. The predicted molar refractivity (Wildman–Crippen MR) is 147 cm³/mol. The van der Waals surface area contributed by atoms with E-state index in [0.717, 1.165) is 47.3 Å². The van der Waals surface area contributed by atoms with Crippen LogP contribution in [0.3, 0.4) is 0 Å². The van der Waals surface area contributed by atoms with Gasteiger partial charge in [0, 0.05) is 53.8 Å². The van der Waals surface area contributed by atoms with Crippen LogP contribution in [0.1, 0.15) is 56.7 Å². The number of nitrogens with zero attached hydrogens (tertiary/aromatic N) is 2. The van der Waals surface area contributed by atoms with Gasteiger partial charge in [-0.15, -0.1) is 0 Å². The molecule has 5 nitrogen and oxygen atoms in total. The molecule has 0 saturated carbocycles. The molecule has 0 saturated heterocycles. The molecule has 0 radical (unpaired) electrons. The smallest absolute Gasteiger partial charge is 0.224 e. The van der Waals surface area contributed by atoms with Crippen LogP contribution in [0.2, 0.25) is 5.02 Å². The van der Waals surface area contributed by atoms with Crippen LogP contribution in [0.15, 0.2) is 59.7 Å². The first-order valence-corrected chi connectivity index (χ1v) is 12.6. The summed E-state index contributed by atoms with van der Waals surface area (Å²) in [5, 5.41) is 6.00. The number of amides is 1. The second-order valence-electron chi connectivity index (χ2n) is 8.97. The van der Waals surface area contributed by atoms with E-state index in [1.54, 1.807) is 12.1 Å². The van der Waals surface area contributed by atoms with Gasteiger partial charge < -0.3 is 10.6 Å². The number of aliphatic imine (C=N–C) groups is 1. The number of anilines is 2. The molecule has 0 bridgehead atoms. The molecule has 0 fully saturated rings. The molecule has 1 aliphatic rings. The van der Waals surface area contributed by atoms with E-state index in [2.05, 4.69) is 15.6 Å². The van der Waals surface area contributed by atoms with Crippen LogP contribution in [0.5, 0.6) is 0 Å². The van der Waals surface area contributed by atoms with Gasteiger partial charge in [0.15, 0.2) is 5.82 Å². The van der Waals surface area contributed by atoms with E-state index >= 15 is 0 Å². The van der Waals surface area contributed by atoms with Crippen molar-refractivity contribution in [2.75, 3.05) is 17.7 Å². The summed E-state index contributed by atoms with van der Waals surface area (Å²) in [6.07, 6.45) is 6.02. The van der Waals surface area contributed by atoms with Gasteiger partial charge in [-0.2, -0.15) is 0 Å². The molecule has 4 rings (SSSR count). The number of allylic oxidation sites excluding steroid dienone is 1. The number of hydrogen-bond donors (Lipinski definition) is 2. The third kappa shape index (κ3) is 5.88. The topological polar surface area (TPSA) is 66.4 Å². The quantitative estimate of drug-likeness (QED) is 0.344. The molecule has 2 N–H and O–H groups in total. The van der Waals surface area contributed by atoms with Crippen molar-refractivity contribution < 1.29 is 13.6 Å². The lowest BCUT2D eigenvalue weighted by molar-refractivity contribution is -0.116. The molecule has 1 aromatic heterocycles. The number of hydrogen-bond acceptors (Lipinski definition) is 4. The van der Waals surface area contributed by atoms with Crippen LogP contribution >= 0.6 is 11.6 Å². The zero-order valence-electron chi connectivity index (χ0n) is 21.0. The fraction of sp³-hybridized carbons (Fsp3) is 0.276. The van der Waals surface area contributed by atoms with Crippen molar-refractivity contribution in [1.82, 2.24) is 4.98 Å². The van der Waals surface area contributed by atoms with Gasteiger partial charge in [-0.3, -0.25) is 14.8 Å². The Hall–Kier alpha value is -3.58. The number of nitrogens with one attached hydrogen (secondary N) is 2. The second kappa shape index (κ2) is 11.6. The molecule has 1 amide bonds. The van der Waals surface area contributed by atoms with E-state index in [9.17, 15) is 13.6 Å². The van der Waals surface area contributed by atoms with Crippen LogP contribution in [0, 0.1) is 11.6 Å². The standard InChI is InChI=1S/C29H29ClF2N4O/c1-4-24-21-11-10-19(33-3)15-26(21)36-27(37)8-6-5-7-20(17(2)35-24)25-14-9-18(16-34-25)28-23(31)13-12-22(30)29(28)32/h4,9-16,20,33H,5-8H2,1-3H3,(H,36,37)/b24-4-,35-17?. The molecule has 2 aromatic carbocycles. The number of fused-ring (bicyclic) bond motifs is 1. The summed E-state index contributed by atoms with van der Waals surface area (Å²) in [5.74, 6) is -1.68. The van der Waals surface area contributed by atoms with Crippen LogP contribution < -0.4 is 10.6 Å². The molecule has 1 unspecified atom stereocenters. The van der Waals surface area contributed by atoms with Crippen molar-refractivity contribution in [3.8, 4) is 11.1 Å². The van der Waals surface area contributed by atoms with Crippen LogP contribution in [0.4, 0.5) is 20.2 Å². The van der Waals surface area contributed by atoms with Gasteiger partial charge in [-0.1, -0.05) is 30.2 Å². The Morgan fingerprint density at radius 2 is 1.95 bits per heavy atom. The van der Waals surface area contributed by atoms with Crippen molar-refractivity contribution in [3.05, 3.63) is 82.7 Å². The number of rotatable bonds is 3. The second-order valence-corrected chi connectivity index (χ2v) is 9.38. The Kier molecular flexibility index (Phi) is 8.34. The highest BCUT2D eigenvalue weighted by Crippen LogP contribution is 2.34. The number of carbonyl (C=O) groups excluding carboxylic acids is 1. The Bertz CT molecular complexity index is 1370. The third-order valence-corrected chi connectivity index (χ3v) is 6.85. The van der Waals surface area contributed by atoms with Crippen LogP contribution in [-0.2, 0) is 4.79 Å². The Morgan fingerprint density at radius 3 is 2.65 bits per heavy atom. The van der Waals surface area contributed by atoms with E-state index in [1.807, 2.05) is 45.2 Å². The van der Waals surface area contributed by atoms with Gasteiger partial charge in [0.2, 0.25) is 5.91 Å². The Balaban J connectivity index is 1.73. The minimum Gasteiger partial charge on any atom is -0.388 e. The summed E-state index contributed by atoms with van der Waals surface area (Å²) in [5.41, 5.74) is 4.87. The zero-order valence-corrected chi connectivity index (χ0v) is 21.8. The summed E-state index contributed by atoms with van der Waals surface area (Å²) in [7, 11) is 1.83. The molecule has 8 heteroatoms. The van der Waals surface area contributed by atoms with Gasteiger partial charge in [-0.05, 0) is 63.1 Å². The van der Waals surface area contributed by atoms with Gasteiger partial charge in [0.25, 0.3) is 0 Å². The fourth-order valence-electron chi connectivity index (χ4n) is 4.54. The summed E-state index contributed by atoms with van der Waals surface area (Å²) >= 11 is 5.87. The van der Waals surface area contributed by atoms with E-state index in [0.29, 0.717) is 24.1 Å². The van der Waals surface area contributed by atoms with Crippen LogP contribution in [-0.4, -0.2) is 23.7 Å². The molecular weight excluding hydrogens is 494 g/mol. The number of aromatic nitrogens is 1. The maximum atomic E-state index is 14.5. The minimum absolute atomic E-state index is 0.0455. The summed E-state index contributed by atoms with van der Waals surface area (Å²) in [4.78, 5) is 22.2. The molecule has 37 heavy (non-hydrogen) atoms. The normalized spacial score (nSPS) is 17.8. The Labute approximate surface area is 220 Å². The maximum Gasteiger partial charge on any atom is 0.224 e. The van der Waals surface area contributed by atoms with Gasteiger partial charge in [-0.25, -0.2) is 8.78 Å². The van der Waals surface area contributed by atoms with Gasteiger partial charge in [0.1, 0.15) is 5.82 Å². The summed E-state index contributed by atoms with van der Waals surface area (Å²) in [6, 6.07) is 11.6. The summed E-state index contributed by atoms with van der Waals surface area (Å²) < 4.78 is 28.9. The van der Waals surface area contributed by atoms with Crippen molar-refractivity contribution in [2.24, 2.45) is 4.99 Å². The lowest BCUT2D eigenvalue weighted by Crippen LogP contribution is -2.16. The van der Waals surface area contributed by atoms with Crippen molar-refractivity contribution in [2.45, 2.75) is 45.4 Å². The molecule has 3 aromatic rings. The number of pyridine rings is 1. The lowest BCUT2D eigenvalue weighted by Gasteiger charge is -2.20. The highest BCUT2D eigenvalue weighted by Gasteiger charge is 2.21. The predicted octanol–water partition coefficient (Wildman–Crippen LogP) is 7.84. The van der Waals surface area contributed by atoms with Crippen molar-refractivity contribution >= 4 is 40.3 Å². The Morgan fingerprint density at radius 1 is 1.14 bits per heavy atom. The minimum atomic E-state index is -0.809. The lowest BCUT2D eigenvalue weighted by atomic mass is 9.91. The number of halogens is 3. The molecule has 0 aliphatic carbocycles. The van der Waals surface area contributed by atoms with E-state index in [1.165, 1.54) is 12.3 Å². The average molecular weight is 523 g/mol. The van der Waals surface area contributed by atoms with Gasteiger partial charge >= 0.3 is 0 Å². The fourth-order valence-corrected chi connectivity index (χ4v) is 4.70. The summed E-state index contributed by atoms with van der Waals surface area (Å²) in [6.45, 7) is 3.87. The molecule has 192 valence electrons. The first-order chi connectivity index (χ1) is 17.8. The van der Waals surface area contributed by atoms with Crippen LogP contribution in [0.25, 0.3) is 16.8 Å². The molecular formula is C29H29ClF2N4O. The van der Waals surface area contributed by atoms with E-state index in [-0.39, 0.29) is 22.4 Å². The molecule has 1 aliphatic heterocycles. The highest BCUT2D eigenvalue weighted by atomic mass is 35.5. The molecule has 0 spiro atoms. The van der Waals surface area contributed by atoms with Crippen molar-refractivity contribution in [1.29, 1.82) is 0 Å². The number of carbonyl (C=O) groups is 1.